The van der Waals surface area contributed by atoms with Crippen LogP contribution in [0.2, 0.25) is 0 Å². The molecule has 0 bridgehead atoms. The Morgan fingerprint density at radius 2 is 1.70 bits per heavy atom. The number of aliphatic carboxylic acids is 1. The first kappa shape index (κ1) is 26.1. The molecular weight excluding hydrogens is 468 g/mol. The lowest BCUT2D eigenvalue weighted by Crippen LogP contribution is -2.57. The van der Waals surface area contributed by atoms with E-state index in [4.69, 9.17) is 5.73 Å². The first-order chi connectivity index (χ1) is 17.6. The molecule has 1 spiro atoms. The average molecular weight is 517 g/mol. The summed E-state index contributed by atoms with van der Waals surface area (Å²) in [7, 11) is 0. The quantitative estimate of drug-likeness (QED) is 0.298. The van der Waals surface area contributed by atoms with Gasteiger partial charge in [-0.2, -0.15) is 0 Å². The van der Waals surface area contributed by atoms with Crippen LogP contribution in [0.5, 0.6) is 0 Å². The fourth-order valence-corrected chi connectivity index (χ4v) is 11.1. The predicted octanol–water partition coefficient (Wildman–Crippen LogP) is 3.46. The smallest absolute Gasteiger partial charge is 0.326 e. The fraction of sp³-hybridized carbons (Fsp3) is 0.933. The van der Waals surface area contributed by atoms with Crippen LogP contribution in [0.4, 0.5) is 0 Å². The third-order valence-electron chi connectivity index (χ3n) is 12.9. The molecule has 0 aromatic heterocycles. The number of fused-ring (bicyclic) bond motifs is 4. The van der Waals surface area contributed by atoms with Crippen molar-refractivity contribution in [3.05, 3.63) is 0 Å². The van der Waals surface area contributed by atoms with Gasteiger partial charge >= 0.3 is 5.97 Å². The van der Waals surface area contributed by atoms with Gasteiger partial charge in [-0.1, -0.05) is 6.92 Å². The lowest BCUT2D eigenvalue weighted by atomic mass is 9.45. The maximum Gasteiger partial charge on any atom is 0.326 e. The number of carbonyl (C=O) groups excluding carboxylic acids is 1. The van der Waals surface area contributed by atoms with Crippen molar-refractivity contribution < 1.29 is 24.9 Å². The van der Waals surface area contributed by atoms with E-state index >= 15 is 0 Å². The van der Waals surface area contributed by atoms with Gasteiger partial charge in [-0.3, -0.25) is 4.79 Å². The van der Waals surface area contributed by atoms with E-state index in [2.05, 4.69) is 12.2 Å². The molecular formula is C30H48N2O5. The Kier molecular flexibility index (Phi) is 6.48. The number of unbranched alkanes of at least 4 members (excludes halogenated alkanes) is 1. The van der Waals surface area contributed by atoms with Crippen LogP contribution in [0.3, 0.4) is 0 Å². The molecule has 0 aliphatic heterocycles. The molecule has 6 saturated carbocycles. The Morgan fingerprint density at radius 3 is 2.43 bits per heavy atom. The van der Waals surface area contributed by atoms with E-state index in [1.165, 1.54) is 32.1 Å². The number of nitrogens with two attached hydrogens (primary N) is 1. The molecule has 6 aliphatic carbocycles. The van der Waals surface area contributed by atoms with Crippen LogP contribution >= 0.6 is 0 Å². The lowest BCUT2D eigenvalue weighted by molar-refractivity contribution is -0.162. The molecule has 0 aromatic carbocycles. The van der Waals surface area contributed by atoms with Crippen molar-refractivity contribution in [1.29, 1.82) is 0 Å². The zero-order chi connectivity index (χ0) is 26.2. The summed E-state index contributed by atoms with van der Waals surface area (Å²) in [4.78, 5) is 24.4. The van der Waals surface area contributed by atoms with Crippen molar-refractivity contribution in [1.82, 2.24) is 5.32 Å². The minimum absolute atomic E-state index is 0.113. The Balaban J connectivity index is 1.09. The van der Waals surface area contributed by atoms with Gasteiger partial charge in [0.1, 0.15) is 6.04 Å². The van der Waals surface area contributed by atoms with E-state index in [0.29, 0.717) is 72.1 Å². The number of carboxylic acid groups (broad SMARTS) is 1. The maximum absolute atomic E-state index is 12.8. The third-order valence-corrected chi connectivity index (χ3v) is 12.9. The molecule has 12 atom stereocenters. The average Bonchev–Trinajstić information content (AvgIpc) is 3.73. The molecule has 1 amide bonds. The standard InChI is InChI=1S/C30H48N2O5/c1-28-8-5-19(33)14-18(28)15-24(34)26-20(28)6-9-29-16-30(29,10-7-21(26)29)22-12-17(22)13-25(35)32-23(27(36)37)4-2-3-11-31/h17-24,26,33-34H,2-16,31H2,1H3,(H,32,35)(H,36,37). The van der Waals surface area contributed by atoms with Gasteiger partial charge in [-0.25, -0.2) is 4.79 Å². The molecule has 6 rings (SSSR count). The minimum atomic E-state index is -0.956. The molecule has 7 nitrogen and oxygen atoms in total. The van der Waals surface area contributed by atoms with Gasteiger partial charge in [0.05, 0.1) is 12.2 Å². The maximum atomic E-state index is 12.8. The summed E-state index contributed by atoms with van der Waals surface area (Å²) in [6.45, 7) is 3.01. The molecule has 0 saturated heterocycles. The molecule has 6 aliphatic rings. The number of carboxylic acids is 1. The van der Waals surface area contributed by atoms with Crippen molar-refractivity contribution in [3.8, 4) is 0 Å². The highest BCUT2D eigenvalue weighted by molar-refractivity contribution is 5.83. The third kappa shape index (κ3) is 4.00. The van der Waals surface area contributed by atoms with Crippen LogP contribution < -0.4 is 11.1 Å². The van der Waals surface area contributed by atoms with Gasteiger partial charge in [-0.15, -0.1) is 0 Å². The molecule has 208 valence electrons. The van der Waals surface area contributed by atoms with Crippen LogP contribution in [0.15, 0.2) is 0 Å². The van der Waals surface area contributed by atoms with Crippen molar-refractivity contribution in [2.24, 2.45) is 57.5 Å². The Bertz CT molecular complexity index is 928. The highest BCUT2D eigenvalue weighted by Gasteiger charge is 2.81. The Hall–Kier alpha value is -1.18. The summed E-state index contributed by atoms with van der Waals surface area (Å²) in [5, 5.41) is 34.1. The molecule has 0 aromatic rings. The number of aliphatic hydroxyl groups is 2. The van der Waals surface area contributed by atoms with Gasteiger partial charge < -0.3 is 26.4 Å². The largest absolute Gasteiger partial charge is 0.480 e. The van der Waals surface area contributed by atoms with E-state index in [1.807, 2.05) is 0 Å². The summed E-state index contributed by atoms with van der Waals surface area (Å²) in [6, 6.07) is -0.813. The molecule has 12 unspecified atom stereocenters. The Labute approximate surface area is 221 Å². The number of aliphatic hydroxyl groups excluding tert-OH is 2. The highest BCUT2D eigenvalue weighted by atomic mass is 16.4. The van der Waals surface area contributed by atoms with E-state index in [-0.39, 0.29) is 23.5 Å². The zero-order valence-corrected chi connectivity index (χ0v) is 22.5. The summed E-state index contributed by atoms with van der Waals surface area (Å²) < 4.78 is 0. The van der Waals surface area contributed by atoms with E-state index < -0.39 is 12.0 Å². The molecule has 0 heterocycles. The SMILES string of the molecule is CC12CCC(O)CC1CC(O)C1C2CCC23CC2(C2CC2CC(=O)NC(CCCCN)C(=O)O)CCC13. The van der Waals surface area contributed by atoms with Crippen molar-refractivity contribution in [2.75, 3.05) is 6.54 Å². The number of hydrogen-bond donors (Lipinski definition) is 5. The first-order valence-corrected chi connectivity index (χ1v) is 15.2. The van der Waals surface area contributed by atoms with Crippen LogP contribution in [0.25, 0.3) is 0 Å². The van der Waals surface area contributed by atoms with Gasteiger partial charge in [0.2, 0.25) is 5.91 Å². The monoisotopic (exact) mass is 516 g/mol. The first-order valence-electron chi connectivity index (χ1n) is 15.2. The molecule has 37 heavy (non-hydrogen) atoms. The number of rotatable bonds is 9. The van der Waals surface area contributed by atoms with Crippen LogP contribution in [-0.4, -0.2) is 52.0 Å². The summed E-state index contributed by atoms with van der Waals surface area (Å²) in [5.41, 5.74) is 6.52. The second-order valence-electron chi connectivity index (χ2n) is 14.3. The molecule has 6 N–H and O–H groups in total. The van der Waals surface area contributed by atoms with E-state index in [9.17, 15) is 24.9 Å². The van der Waals surface area contributed by atoms with Crippen molar-refractivity contribution >= 4 is 11.9 Å². The second-order valence-corrected chi connectivity index (χ2v) is 14.3. The molecule has 0 radical (unpaired) electrons. The highest BCUT2D eigenvalue weighted by Crippen LogP contribution is 2.88. The number of nitrogens with one attached hydrogen (secondary N) is 1. The van der Waals surface area contributed by atoms with Crippen LogP contribution in [-0.2, 0) is 9.59 Å². The van der Waals surface area contributed by atoms with Gasteiger partial charge in [0, 0.05) is 6.42 Å². The van der Waals surface area contributed by atoms with Crippen LogP contribution in [0, 0.1) is 51.8 Å². The van der Waals surface area contributed by atoms with E-state index in [0.717, 1.165) is 38.5 Å². The normalized spacial score (nSPS) is 50.2. The number of amides is 1. The minimum Gasteiger partial charge on any atom is -0.480 e. The molecule has 7 heteroatoms. The predicted molar refractivity (Wildman–Crippen MR) is 139 cm³/mol. The van der Waals surface area contributed by atoms with Gasteiger partial charge in [0.25, 0.3) is 0 Å². The molecule has 6 fully saturated rings. The second kappa shape index (κ2) is 9.19. The van der Waals surface area contributed by atoms with Crippen molar-refractivity contribution in [2.45, 2.75) is 115 Å². The van der Waals surface area contributed by atoms with Gasteiger partial charge in [0.15, 0.2) is 0 Å². The van der Waals surface area contributed by atoms with E-state index in [1.54, 1.807) is 0 Å². The lowest BCUT2D eigenvalue weighted by Gasteiger charge is -2.60. The zero-order valence-electron chi connectivity index (χ0n) is 22.5. The number of hydrogen-bond acceptors (Lipinski definition) is 5. The summed E-state index contributed by atoms with van der Waals surface area (Å²) >= 11 is 0. The number of carbonyl (C=O) groups is 2. The topological polar surface area (TPSA) is 133 Å². The van der Waals surface area contributed by atoms with Crippen molar-refractivity contribution in [3.63, 3.8) is 0 Å². The van der Waals surface area contributed by atoms with Gasteiger partial charge in [-0.05, 0) is 142 Å². The Morgan fingerprint density at radius 1 is 0.973 bits per heavy atom. The summed E-state index contributed by atoms with van der Waals surface area (Å²) in [5.74, 6) is 1.94. The summed E-state index contributed by atoms with van der Waals surface area (Å²) in [6.07, 6.45) is 13.0. The fourth-order valence-electron chi connectivity index (χ4n) is 11.1. The van der Waals surface area contributed by atoms with Crippen LogP contribution in [0.1, 0.15) is 96.8 Å².